The number of aromatic nitrogens is 2. The summed E-state index contributed by atoms with van der Waals surface area (Å²) in [7, 11) is 0. The van der Waals surface area contributed by atoms with E-state index >= 15 is 0 Å². The number of aryl methyl sites for hydroxylation is 1. The van der Waals surface area contributed by atoms with Gasteiger partial charge in [-0.2, -0.15) is 4.98 Å². The monoisotopic (exact) mass is 278 g/mol. The first kappa shape index (κ1) is 13.1. The molecule has 7 heteroatoms. The van der Waals surface area contributed by atoms with Crippen molar-refractivity contribution in [3.8, 4) is 0 Å². The molecule has 2 saturated heterocycles. The van der Waals surface area contributed by atoms with E-state index in [0.29, 0.717) is 31.2 Å². The molecule has 1 unspecified atom stereocenters. The van der Waals surface area contributed by atoms with Gasteiger partial charge < -0.3 is 14.3 Å². The summed E-state index contributed by atoms with van der Waals surface area (Å²) in [6.45, 7) is 3.09. The first-order valence-electron chi connectivity index (χ1n) is 7.02. The molecule has 0 radical (unpaired) electrons. The molecule has 20 heavy (non-hydrogen) atoms. The molecule has 2 aliphatic rings. The standard InChI is InChI=1S/C13H18N4O3/c1-9-14-11(20-15-9)5-7-16-8-12(18)17-6-3-2-4-10(17)13(16)19/h10H,2-8H2,1H3. The normalized spacial score (nSPS) is 23.1. The molecule has 2 fully saturated rings. The quantitative estimate of drug-likeness (QED) is 0.786. The van der Waals surface area contributed by atoms with Crippen LogP contribution < -0.4 is 0 Å². The van der Waals surface area contributed by atoms with Crippen molar-refractivity contribution < 1.29 is 14.1 Å². The van der Waals surface area contributed by atoms with E-state index in [9.17, 15) is 9.59 Å². The maximum absolute atomic E-state index is 12.4. The van der Waals surface area contributed by atoms with Crippen LogP contribution >= 0.6 is 0 Å². The minimum atomic E-state index is -0.255. The van der Waals surface area contributed by atoms with E-state index in [4.69, 9.17) is 4.52 Å². The average Bonchev–Trinajstić information content (AvgIpc) is 2.87. The summed E-state index contributed by atoms with van der Waals surface area (Å²) >= 11 is 0. The largest absolute Gasteiger partial charge is 0.339 e. The third-order valence-corrected chi connectivity index (χ3v) is 3.91. The Balaban J connectivity index is 1.64. The zero-order valence-electron chi connectivity index (χ0n) is 11.5. The molecule has 0 N–H and O–H groups in total. The van der Waals surface area contributed by atoms with Crippen molar-refractivity contribution in [3.63, 3.8) is 0 Å². The number of hydrogen-bond donors (Lipinski definition) is 0. The van der Waals surface area contributed by atoms with Crippen LogP contribution in [0.4, 0.5) is 0 Å². The van der Waals surface area contributed by atoms with E-state index in [1.807, 2.05) is 0 Å². The SMILES string of the molecule is Cc1noc(CCN2CC(=O)N3CCCCC3C2=O)n1. The number of piperidine rings is 1. The van der Waals surface area contributed by atoms with Crippen molar-refractivity contribution in [2.24, 2.45) is 0 Å². The molecule has 2 aliphatic heterocycles. The summed E-state index contributed by atoms with van der Waals surface area (Å²) in [6, 6.07) is -0.255. The summed E-state index contributed by atoms with van der Waals surface area (Å²) in [5, 5.41) is 3.72. The van der Waals surface area contributed by atoms with Crippen molar-refractivity contribution in [1.82, 2.24) is 19.9 Å². The maximum Gasteiger partial charge on any atom is 0.245 e. The Bertz CT molecular complexity index is 527. The van der Waals surface area contributed by atoms with Crippen molar-refractivity contribution in [1.29, 1.82) is 0 Å². The lowest BCUT2D eigenvalue weighted by atomic mass is 9.98. The van der Waals surface area contributed by atoms with E-state index in [1.165, 1.54) is 0 Å². The van der Waals surface area contributed by atoms with Crippen LogP contribution in [0.2, 0.25) is 0 Å². The van der Waals surface area contributed by atoms with E-state index < -0.39 is 0 Å². The fraction of sp³-hybridized carbons (Fsp3) is 0.692. The van der Waals surface area contributed by atoms with Gasteiger partial charge in [0.15, 0.2) is 5.82 Å². The maximum atomic E-state index is 12.4. The smallest absolute Gasteiger partial charge is 0.245 e. The van der Waals surface area contributed by atoms with Gasteiger partial charge in [0.2, 0.25) is 17.7 Å². The minimum absolute atomic E-state index is 0.0519. The third-order valence-electron chi connectivity index (χ3n) is 3.91. The third kappa shape index (κ3) is 2.39. The van der Waals surface area contributed by atoms with Crippen LogP contribution in [-0.4, -0.2) is 57.4 Å². The van der Waals surface area contributed by atoms with E-state index in [1.54, 1.807) is 16.7 Å². The van der Waals surface area contributed by atoms with E-state index in [0.717, 1.165) is 19.3 Å². The van der Waals surface area contributed by atoms with Gasteiger partial charge in [-0.25, -0.2) is 0 Å². The number of fused-ring (bicyclic) bond motifs is 1. The highest BCUT2D eigenvalue weighted by Crippen LogP contribution is 2.23. The van der Waals surface area contributed by atoms with Crippen molar-refractivity contribution in [2.45, 2.75) is 38.6 Å². The highest BCUT2D eigenvalue weighted by Gasteiger charge is 2.40. The van der Waals surface area contributed by atoms with Crippen LogP contribution in [0, 0.1) is 6.92 Å². The molecule has 1 aromatic rings. The zero-order chi connectivity index (χ0) is 14.1. The Hall–Kier alpha value is -1.92. The van der Waals surface area contributed by atoms with Gasteiger partial charge in [-0.05, 0) is 26.2 Å². The zero-order valence-corrected chi connectivity index (χ0v) is 11.5. The molecule has 108 valence electrons. The molecule has 2 amide bonds. The number of rotatable bonds is 3. The van der Waals surface area contributed by atoms with Gasteiger partial charge in [-0.3, -0.25) is 9.59 Å². The van der Waals surface area contributed by atoms with Crippen LogP contribution in [-0.2, 0) is 16.0 Å². The van der Waals surface area contributed by atoms with Crippen LogP contribution in [0.5, 0.6) is 0 Å². The Morgan fingerprint density at radius 3 is 2.95 bits per heavy atom. The highest BCUT2D eigenvalue weighted by atomic mass is 16.5. The number of hydrogen-bond acceptors (Lipinski definition) is 5. The van der Waals surface area contributed by atoms with Crippen molar-refractivity contribution >= 4 is 11.8 Å². The molecule has 0 spiro atoms. The summed E-state index contributed by atoms with van der Waals surface area (Å²) in [6.07, 6.45) is 3.28. The predicted octanol–water partition coefficient (Wildman–Crippen LogP) is 0.144. The van der Waals surface area contributed by atoms with Crippen LogP contribution in [0.3, 0.4) is 0 Å². The van der Waals surface area contributed by atoms with E-state index in [-0.39, 0.29) is 24.4 Å². The number of carbonyl (C=O) groups excluding carboxylic acids is 2. The first-order chi connectivity index (χ1) is 9.65. The molecule has 7 nitrogen and oxygen atoms in total. The van der Waals surface area contributed by atoms with Gasteiger partial charge in [0.25, 0.3) is 0 Å². The number of carbonyl (C=O) groups is 2. The molecular weight excluding hydrogens is 260 g/mol. The van der Waals surface area contributed by atoms with Gasteiger partial charge in [-0.1, -0.05) is 5.16 Å². The summed E-state index contributed by atoms with van der Waals surface area (Å²) in [5.74, 6) is 1.20. The van der Waals surface area contributed by atoms with E-state index in [2.05, 4.69) is 10.1 Å². The Labute approximate surface area is 116 Å². The number of nitrogens with zero attached hydrogens (tertiary/aromatic N) is 4. The van der Waals surface area contributed by atoms with Crippen molar-refractivity contribution in [2.75, 3.05) is 19.6 Å². The lowest BCUT2D eigenvalue weighted by Crippen LogP contribution is -2.61. The molecule has 1 atom stereocenters. The summed E-state index contributed by atoms with van der Waals surface area (Å²) in [5.41, 5.74) is 0. The molecule has 0 saturated carbocycles. The van der Waals surface area contributed by atoms with Crippen LogP contribution in [0.15, 0.2) is 4.52 Å². The Morgan fingerprint density at radius 1 is 1.35 bits per heavy atom. The van der Waals surface area contributed by atoms with Gasteiger partial charge in [0.05, 0.1) is 6.54 Å². The second-order valence-corrected chi connectivity index (χ2v) is 5.34. The molecule has 3 rings (SSSR count). The highest BCUT2D eigenvalue weighted by molar-refractivity contribution is 5.95. The Morgan fingerprint density at radius 2 is 2.20 bits per heavy atom. The molecule has 3 heterocycles. The van der Waals surface area contributed by atoms with Gasteiger partial charge in [0.1, 0.15) is 6.04 Å². The van der Waals surface area contributed by atoms with Gasteiger partial charge >= 0.3 is 0 Å². The fourth-order valence-electron chi connectivity index (χ4n) is 2.89. The lowest BCUT2D eigenvalue weighted by Gasteiger charge is -2.42. The minimum Gasteiger partial charge on any atom is -0.339 e. The topological polar surface area (TPSA) is 79.5 Å². The fourth-order valence-corrected chi connectivity index (χ4v) is 2.89. The molecule has 0 aliphatic carbocycles. The molecule has 0 bridgehead atoms. The number of amides is 2. The number of piperazine rings is 1. The van der Waals surface area contributed by atoms with Crippen LogP contribution in [0.1, 0.15) is 31.0 Å². The molecule has 0 aromatic carbocycles. The van der Waals surface area contributed by atoms with Crippen molar-refractivity contribution in [3.05, 3.63) is 11.7 Å². The van der Waals surface area contributed by atoms with Gasteiger partial charge in [-0.15, -0.1) is 0 Å². The Kier molecular flexibility index (Phi) is 3.42. The summed E-state index contributed by atoms with van der Waals surface area (Å²) < 4.78 is 5.03. The first-order valence-corrected chi connectivity index (χ1v) is 7.02. The van der Waals surface area contributed by atoms with Gasteiger partial charge in [0, 0.05) is 19.5 Å². The van der Waals surface area contributed by atoms with Crippen LogP contribution in [0.25, 0.3) is 0 Å². The second-order valence-electron chi connectivity index (χ2n) is 5.34. The lowest BCUT2D eigenvalue weighted by molar-refractivity contribution is -0.157. The average molecular weight is 278 g/mol. The molecular formula is C13H18N4O3. The second kappa shape index (κ2) is 5.22. The summed E-state index contributed by atoms with van der Waals surface area (Å²) in [4.78, 5) is 31.9. The predicted molar refractivity (Wildman–Crippen MR) is 68.7 cm³/mol. The molecule has 1 aromatic heterocycles.